The van der Waals surface area contributed by atoms with Gasteiger partial charge in [-0.05, 0) is 33.7 Å². The van der Waals surface area contributed by atoms with Crippen molar-refractivity contribution < 1.29 is 0 Å². The Labute approximate surface area is 116 Å². The third-order valence-electron chi connectivity index (χ3n) is 3.34. The second kappa shape index (κ2) is 7.74. The van der Waals surface area contributed by atoms with Crippen molar-refractivity contribution in [2.75, 3.05) is 18.5 Å². The predicted molar refractivity (Wildman–Crippen MR) is 81.6 cm³/mol. The van der Waals surface area contributed by atoms with Gasteiger partial charge in [0, 0.05) is 24.0 Å². The van der Waals surface area contributed by atoms with Gasteiger partial charge >= 0.3 is 0 Å². The van der Waals surface area contributed by atoms with Gasteiger partial charge in [-0.1, -0.05) is 20.3 Å². The van der Waals surface area contributed by atoms with Crippen LogP contribution in [0.25, 0.3) is 0 Å². The fourth-order valence-electron chi connectivity index (χ4n) is 1.91. The van der Waals surface area contributed by atoms with Crippen LogP contribution in [0.5, 0.6) is 0 Å². The van der Waals surface area contributed by atoms with Crippen LogP contribution in [0.3, 0.4) is 0 Å². The van der Waals surface area contributed by atoms with Crippen LogP contribution < -0.4 is 10.2 Å². The van der Waals surface area contributed by atoms with E-state index in [1.54, 1.807) is 0 Å². The molecular formula is C14H27N3S. The van der Waals surface area contributed by atoms with Crippen LogP contribution in [0.2, 0.25) is 0 Å². The lowest BCUT2D eigenvalue weighted by Crippen LogP contribution is -2.33. The van der Waals surface area contributed by atoms with Gasteiger partial charge in [0.15, 0.2) is 5.13 Å². The highest BCUT2D eigenvalue weighted by Crippen LogP contribution is 2.28. The number of anilines is 1. The molecule has 0 saturated carbocycles. The Kier molecular flexibility index (Phi) is 6.65. The molecule has 104 valence electrons. The quantitative estimate of drug-likeness (QED) is 0.782. The van der Waals surface area contributed by atoms with E-state index < -0.39 is 0 Å². The molecule has 0 bridgehead atoms. The molecule has 0 fully saturated rings. The second-order valence-corrected chi connectivity index (χ2v) is 5.90. The van der Waals surface area contributed by atoms with Crippen LogP contribution in [-0.2, 0) is 6.54 Å². The van der Waals surface area contributed by atoms with E-state index in [0.29, 0.717) is 6.04 Å². The number of hydrogen-bond donors (Lipinski definition) is 1. The van der Waals surface area contributed by atoms with Crippen molar-refractivity contribution in [1.29, 1.82) is 0 Å². The predicted octanol–water partition coefficient (Wildman–Crippen LogP) is 3.58. The number of hydrogen-bond acceptors (Lipinski definition) is 4. The Morgan fingerprint density at radius 3 is 2.67 bits per heavy atom. The number of aryl methyl sites for hydroxylation is 1. The van der Waals surface area contributed by atoms with Gasteiger partial charge in [-0.15, -0.1) is 11.3 Å². The lowest BCUT2D eigenvalue weighted by molar-refractivity contribution is 0.594. The summed E-state index contributed by atoms with van der Waals surface area (Å²) in [7, 11) is 1.99. The van der Waals surface area contributed by atoms with E-state index in [9.17, 15) is 0 Å². The van der Waals surface area contributed by atoms with E-state index in [2.05, 4.69) is 37.9 Å². The van der Waals surface area contributed by atoms with Gasteiger partial charge in [0.25, 0.3) is 0 Å². The Morgan fingerprint density at radius 1 is 1.39 bits per heavy atom. The molecule has 0 aliphatic rings. The molecule has 0 aromatic carbocycles. The molecule has 1 unspecified atom stereocenters. The van der Waals surface area contributed by atoms with Crippen LogP contribution in [0.1, 0.15) is 50.6 Å². The van der Waals surface area contributed by atoms with Crippen LogP contribution in [-0.4, -0.2) is 24.6 Å². The fourth-order valence-corrected chi connectivity index (χ4v) is 3.11. The van der Waals surface area contributed by atoms with Gasteiger partial charge in [-0.2, -0.15) is 0 Å². The first kappa shape index (κ1) is 15.4. The number of nitrogens with zero attached hydrogens (tertiary/aromatic N) is 2. The number of nitrogens with one attached hydrogen (secondary N) is 1. The maximum absolute atomic E-state index is 4.76. The average Bonchev–Trinajstić information content (AvgIpc) is 2.71. The molecule has 18 heavy (non-hydrogen) atoms. The highest BCUT2D eigenvalue weighted by atomic mass is 32.1. The minimum absolute atomic E-state index is 0.574. The molecule has 0 aliphatic carbocycles. The Bertz CT molecular complexity index is 349. The first-order valence-corrected chi connectivity index (χ1v) is 7.83. The largest absolute Gasteiger partial charge is 0.345 e. The highest BCUT2D eigenvalue weighted by molar-refractivity contribution is 7.15. The molecule has 3 nitrogen and oxygen atoms in total. The molecule has 1 N–H and O–H groups in total. The summed E-state index contributed by atoms with van der Waals surface area (Å²) in [4.78, 5) is 8.59. The standard InChI is InChI=1S/C14H27N3S/c1-6-8-9-17(11(3)7-2)14-16-12(4)13(18-14)10-15-5/h11,15H,6-10H2,1-5H3. The van der Waals surface area contributed by atoms with Crippen molar-refractivity contribution in [2.24, 2.45) is 0 Å². The van der Waals surface area contributed by atoms with Crippen molar-refractivity contribution in [3.05, 3.63) is 10.6 Å². The lowest BCUT2D eigenvalue weighted by atomic mass is 10.2. The summed E-state index contributed by atoms with van der Waals surface area (Å²) in [5.74, 6) is 0. The summed E-state index contributed by atoms with van der Waals surface area (Å²) in [5, 5.41) is 4.41. The monoisotopic (exact) mass is 269 g/mol. The molecule has 1 rings (SSSR count). The van der Waals surface area contributed by atoms with Crippen LogP contribution in [0.15, 0.2) is 0 Å². The zero-order valence-electron chi connectivity index (χ0n) is 12.4. The summed E-state index contributed by atoms with van der Waals surface area (Å²) in [5.41, 5.74) is 1.18. The highest BCUT2D eigenvalue weighted by Gasteiger charge is 2.17. The topological polar surface area (TPSA) is 28.2 Å². The zero-order valence-corrected chi connectivity index (χ0v) is 13.2. The Hall–Kier alpha value is -0.610. The number of unbranched alkanes of at least 4 members (excludes halogenated alkanes) is 1. The average molecular weight is 269 g/mol. The normalized spacial score (nSPS) is 12.7. The molecule has 0 saturated heterocycles. The minimum atomic E-state index is 0.574. The molecule has 0 radical (unpaired) electrons. The summed E-state index contributed by atoms with van der Waals surface area (Å²) in [6.07, 6.45) is 3.65. The first-order chi connectivity index (χ1) is 8.63. The lowest BCUT2D eigenvalue weighted by Gasteiger charge is -2.28. The van der Waals surface area contributed by atoms with Crippen molar-refractivity contribution in [2.45, 2.75) is 59.5 Å². The number of thiazole rings is 1. The molecule has 0 amide bonds. The molecule has 4 heteroatoms. The second-order valence-electron chi connectivity index (χ2n) is 4.84. The van der Waals surface area contributed by atoms with Crippen molar-refractivity contribution >= 4 is 16.5 Å². The van der Waals surface area contributed by atoms with E-state index in [4.69, 9.17) is 4.98 Å². The summed E-state index contributed by atoms with van der Waals surface area (Å²) >= 11 is 1.84. The van der Waals surface area contributed by atoms with Gasteiger partial charge in [0.05, 0.1) is 5.69 Å². The summed E-state index contributed by atoms with van der Waals surface area (Å²) in [6.45, 7) is 10.9. The molecule has 1 aromatic heterocycles. The molecule has 1 heterocycles. The van der Waals surface area contributed by atoms with Crippen LogP contribution in [0, 0.1) is 6.92 Å². The molecule has 1 aromatic rings. The van der Waals surface area contributed by atoms with Crippen LogP contribution in [0.4, 0.5) is 5.13 Å². The fraction of sp³-hybridized carbons (Fsp3) is 0.786. The molecular weight excluding hydrogens is 242 g/mol. The van der Waals surface area contributed by atoms with Crippen LogP contribution >= 0.6 is 11.3 Å². The Balaban J connectivity index is 2.86. The van der Waals surface area contributed by atoms with Crippen molar-refractivity contribution in [1.82, 2.24) is 10.3 Å². The Morgan fingerprint density at radius 2 is 2.11 bits per heavy atom. The van der Waals surface area contributed by atoms with Crippen molar-refractivity contribution in [3.63, 3.8) is 0 Å². The smallest absolute Gasteiger partial charge is 0.186 e. The summed E-state index contributed by atoms with van der Waals surface area (Å²) < 4.78 is 0. The minimum Gasteiger partial charge on any atom is -0.345 e. The third-order valence-corrected chi connectivity index (χ3v) is 4.53. The van der Waals surface area contributed by atoms with Gasteiger partial charge < -0.3 is 10.2 Å². The number of rotatable bonds is 8. The van der Waals surface area contributed by atoms with Gasteiger partial charge in [-0.25, -0.2) is 4.98 Å². The van der Waals surface area contributed by atoms with E-state index in [0.717, 1.165) is 13.1 Å². The van der Waals surface area contributed by atoms with E-state index in [1.165, 1.54) is 35.0 Å². The summed E-state index contributed by atoms with van der Waals surface area (Å²) in [6, 6.07) is 0.574. The maximum atomic E-state index is 4.76. The third kappa shape index (κ3) is 3.95. The van der Waals surface area contributed by atoms with Gasteiger partial charge in [-0.3, -0.25) is 0 Å². The maximum Gasteiger partial charge on any atom is 0.186 e. The SMILES string of the molecule is CCCCN(c1nc(C)c(CNC)s1)C(C)CC. The van der Waals surface area contributed by atoms with E-state index in [1.807, 2.05) is 18.4 Å². The van der Waals surface area contributed by atoms with E-state index in [-0.39, 0.29) is 0 Å². The van der Waals surface area contributed by atoms with Crippen molar-refractivity contribution in [3.8, 4) is 0 Å². The van der Waals surface area contributed by atoms with Gasteiger partial charge in [0.1, 0.15) is 0 Å². The zero-order chi connectivity index (χ0) is 13.5. The molecule has 1 atom stereocenters. The first-order valence-electron chi connectivity index (χ1n) is 7.01. The molecule has 0 aliphatic heterocycles. The molecule has 0 spiro atoms. The van der Waals surface area contributed by atoms with E-state index >= 15 is 0 Å². The van der Waals surface area contributed by atoms with Gasteiger partial charge in [0.2, 0.25) is 0 Å². The number of aromatic nitrogens is 1.